The second kappa shape index (κ2) is 7.21. The van der Waals surface area contributed by atoms with E-state index in [-0.39, 0.29) is 11.5 Å². The molecular formula is C20H20N2O3. The SMILES string of the molecule is CCCc1cc(=O)[nH]c2cc(NC(=O)c3ccccc3OC)ccc12. The molecule has 0 aliphatic rings. The molecular weight excluding hydrogens is 316 g/mol. The zero-order valence-electron chi connectivity index (χ0n) is 14.3. The number of anilines is 1. The number of aromatic amines is 1. The monoisotopic (exact) mass is 336 g/mol. The maximum absolute atomic E-state index is 12.5. The van der Waals surface area contributed by atoms with Crippen LogP contribution in [0.5, 0.6) is 5.75 Å². The highest BCUT2D eigenvalue weighted by molar-refractivity contribution is 6.06. The lowest BCUT2D eigenvalue weighted by molar-refractivity contribution is 0.102. The largest absolute Gasteiger partial charge is 0.496 e. The van der Waals surface area contributed by atoms with Crippen molar-refractivity contribution in [1.29, 1.82) is 0 Å². The average Bonchev–Trinajstić information content (AvgIpc) is 2.61. The van der Waals surface area contributed by atoms with Gasteiger partial charge in [0, 0.05) is 17.1 Å². The highest BCUT2D eigenvalue weighted by atomic mass is 16.5. The molecule has 0 atom stereocenters. The van der Waals surface area contributed by atoms with Crippen molar-refractivity contribution < 1.29 is 9.53 Å². The lowest BCUT2D eigenvalue weighted by Crippen LogP contribution is -2.13. The van der Waals surface area contributed by atoms with E-state index in [0.29, 0.717) is 22.5 Å². The Hall–Kier alpha value is -3.08. The van der Waals surface area contributed by atoms with Crippen LogP contribution in [0, 0.1) is 0 Å². The third kappa shape index (κ3) is 3.55. The Balaban J connectivity index is 1.94. The van der Waals surface area contributed by atoms with Gasteiger partial charge in [0.2, 0.25) is 5.56 Å². The number of para-hydroxylation sites is 1. The summed E-state index contributed by atoms with van der Waals surface area (Å²) in [6.07, 6.45) is 1.80. The normalized spacial score (nSPS) is 10.6. The number of hydrogen-bond donors (Lipinski definition) is 2. The number of hydrogen-bond acceptors (Lipinski definition) is 3. The summed E-state index contributed by atoms with van der Waals surface area (Å²) in [6, 6.07) is 14.2. The number of aromatic nitrogens is 1. The van der Waals surface area contributed by atoms with Gasteiger partial charge in [0.1, 0.15) is 5.75 Å². The maximum Gasteiger partial charge on any atom is 0.259 e. The Morgan fingerprint density at radius 2 is 1.96 bits per heavy atom. The molecule has 0 saturated carbocycles. The predicted molar refractivity (Wildman–Crippen MR) is 99.5 cm³/mol. The summed E-state index contributed by atoms with van der Waals surface area (Å²) in [7, 11) is 1.53. The van der Waals surface area contributed by atoms with Gasteiger partial charge >= 0.3 is 0 Å². The highest BCUT2D eigenvalue weighted by Crippen LogP contribution is 2.23. The Kier molecular flexibility index (Phi) is 4.84. The second-order valence-corrected chi connectivity index (χ2v) is 5.82. The molecule has 0 aliphatic heterocycles. The third-order valence-corrected chi connectivity index (χ3v) is 4.06. The zero-order valence-corrected chi connectivity index (χ0v) is 14.3. The summed E-state index contributed by atoms with van der Waals surface area (Å²) in [5.41, 5.74) is 2.67. The van der Waals surface area contributed by atoms with Gasteiger partial charge in [0.15, 0.2) is 0 Å². The number of carbonyl (C=O) groups is 1. The minimum absolute atomic E-state index is 0.135. The fourth-order valence-electron chi connectivity index (χ4n) is 2.92. The molecule has 0 aliphatic carbocycles. The van der Waals surface area contributed by atoms with Crippen molar-refractivity contribution in [1.82, 2.24) is 4.98 Å². The van der Waals surface area contributed by atoms with Crippen molar-refractivity contribution in [3.63, 3.8) is 0 Å². The van der Waals surface area contributed by atoms with Gasteiger partial charge in [-0.05, 0) is 36.2 Å². The fraction of sp³-hybridized carbons (Fsp3) is 0.200. The van der Waals surface area contributed by atoms with Gasteiger partial charge in [-0.3, -0.25) is 9.59 Å². The molecule has 0 spiro atoms. The number of pyridine rings is 1. The van der Waals surface area contributed by atoms with E-state index in [4.69, 9.17) is 4.74 Å². The number of ether oxygens (including phenoxy) is 1. The number of fused-ring (bicyclic) bond motifs is 1. The molecule has 128 valence electrons. The topological polar surface area (TPSA) is 71.2 Å². The summed E-state index contributed by atoms with van der Waals surface area (Å²) in [4.78, 5) is 27.2. The van der Waals surface area contributed by atoms with Crippen molar-refractivity contribution in [2.75, 3.05) is 12.4 Å². The smallest absolute Gasteiger partial charge is 0.259 e. The van der Waals surface area contributed by atoms with Crippen LogP contribution < -0.4 is 15.6 Å². The van der Waals surface area contributed by atoms with Crippen LogP contribution in [0.4, 0.5) is 5.69 Å². The Bertz CT molecular complexity index is 976. The number of carbonyl (C=O) groups excluding carboxylic acids is 1. The Labute approximate surface area is 145 Å². The van der Waals surface area contributed by atoms with Crippen LogP contribution >= 0.6 is 0 Å². The third-order valence-electron chi connectivity index (χ3n) is 4.06. The molecule has 25 heavy (non-hydrogen) atoms. The van der Waals surface area contributed by atoms with Crippen LogP contribution in [0.3, 0.4) is 0 Å². The Morgan fingerprint density at radius 3 is 2.72 bits per heavy atom. The lowest BCUT2D eigenvalue weighted by atomic mass is 10.0. The van der Waals surface area contributed by atoms with E-state index in [1.807, 2.05) is 18.2 Å². The Morgan fingerprint density at radius 1 is 1.16 bits per heavy atom. The number of H-pyrrole nitrogens is 1. The molecule has 1 amide bonds. The van der Waals surface area contributed by atoms with Gasteiger partial charge in [-0.2, -0.15) is 0 Å². The summed E-state index contributed by atoms with van der Waals surface area (Å²) in [5, 5.41) is 3.85. The fourth-order valence-corrected chi connectivity index (χ4v) is 2.92. The zero-order chi connectivity index (χ0) is 17.8. The summed E-state index contributed by atoms with van der Waals surface area (Å²) in [5.74, 6) is 0.253. The quantitative estimate of drug-likeness (QED) is 0.745. The first-order valence-corrected chi connectivity index (χ1v) is 8.22. The molecule has 0 radical (unpaired) electrons. The number of nitrogens with one attached hydrogen (secondary N) is 2. The molecule has 3 rings (SSSR count). The van der Waals surface area contributed by atoms with E-state index in [2.05, 4.69) is 17.2 Å². The minimum atomic E-state index is -0.260. The van der Waals surface area contributed by atoms with Crippen LogP contribution in [0.2, 0.25) is 0 Å². The molecule has 3 aromatic rings. The lowest BCUT2D eigenvalue weighted by Gasteiger charge is -2.11. The molecule has 1 aromatic heterocycles. The van der Waals surface area contributed by atoms with Crippen molar-refractivity contribution >= 4 is 22.5 Å². The van der Waals surface area contributed by atoms with Gasteiger partial charge in [-0.1, -0.05) is 31.5 Å². The van der Waals surface area contributed by atoms with E-state index in [1.54, 1.807) is 30.3 Å². The van der Waals surface area contributed by atoms with Crippen molar-refractivity contribution in [2.24, 2.45) is 0 Å². The second-order valence-electron chi connectivity index (χ2n) is 5.82. The number of aryl methyl sites for hydroxylation is 1. The van der Waals surface area contributed by atoms with Gasteiger partial charge < -0.3 is 15.0 Å². The maximum atomic E-state index is 12.5. The molecule has 5 heteroatoms. The molecule has 0 saturated heterocycles. The summed E-state index contributed by atoms with van der Waals surface area (Å²) < 4.78 is 5.22. The van der Waals surface area contributed by atoms with E-state index >= 15 is 0 Å². The summed E-state index contributed by atoms with van der Waals surface area (Å²) >= 11 is 0. The van der Waals surface area contributed by atoms with E-state index in [9.17, 15) is 9.59 Å². The van der Waals surface area contributed by atoms with Crippen LogP contribution in [0.25, 0.3) is 10.9 Å². The molecule has 2 aromatic carbocycles. The van der Waals surface area contributed by atoms with Crippen LogP contribution in [-0.2, 0) is 6.42 Å². The van der Waals surface area contributed by atoms with Gasteiger partial charge in [0.05, 0.1) is 18.2 Å². The number of rotatable bonds is 5. The first kappa shape index (κ1) is 16.8. The number of methoxy groups -OCH3 is 1. The molecule has 0 unspecified atom stereocenters. The van der Waals surface area contributed by atoms with Gasteiger partial charge in [0.25, 0.3) is 5.91 Å². The first-order chi connectivity index (χ1) is 12.1. The molecule has 5 nitrogen and oxygen atoms in total. The van der Waals surface area contributed by atoms with Crippen LogP contribution in [0.15, 0.2) is 53.3 Å². The van der Waals surface area contributed by atoms with Crippen LogP contribution in [-0.4, -0.2) is 18.0 Å². The van der Waals surface area contributed by atoms with Gasteiger partial charge in [-0.15, -0.1) is 0 Å². The average molecular weight is 336 g/mol. The van der Waals surface area contributed by atoms with Crippen molar-refractivity contribution in [3.05, 3.63) is 70.0 Å². The van der Waals surface area contributed by atoms with Gasteiger partial charge in [-0.25, -0.2) is 0 Å². The number of benzene rings is 2. The van der Waals surface area contributed by atoms with E-state index in [0.717, 1.165) is 23.8 Å². The van der Waals surface area contributed by atoms with Crippen LogP contribution in [0.1, 0.15) is 29.3 Å². The molecule has 0 fully saturated rings. The molecule has 2 N–H and O–H groups in total. The minimum Gasteiger partial charge on any atom is -0.496 e. The highest BCUT2D eigenvalue weighted by Gasteiger charge is 2.12. The van der Waals surface area contributed by atoms with Crippen molar-refractivity contribution in [3.8, 4) is 5.75 Å². The predicted octanol–water partition coefficient (Wildman–Crippen LogP) is 3.74. The molecule has 0 bridgehead atoms. The molecule has 1 heterocycles. The number of amides is 1. The van der Waals surface area contributed by atoms with E-state index in [1.165, 1.54) is 7.11 Å². The first-order valence-electron chi connectivity index (χ1n) is 8.22. The standard InChI is InChI=1S/C20H20N2O3/c1-3-6-13-11-19(23)22-17-12-14(9-10-15(13)17)21-20(24)16-7-4-5-8-18(16)25-2/h4-5,7-12H,3,6H2,1-2H3,(H,21,24)(H,22,23). The summed E-state index contributed by atoms with van der Waals surface area (Å²) in [6.45, 7) is 2.08. The van der Waals surface area contributed by atoms with E-state index < -0.39 is 0 Å². The van der Waals surface area contributed by atoms with Crippen molar-refractivity contribution in [2.45, 2.75) is 19.8 Å².